The molecule has 0 spiro atoms. The number of thioether (sulfide) groups is 1. The third-order valence-corrected chi connectivity index (χ3v) is 5.82. The Morgan fingerprint density at radius 1 is 1.29 bits per heavy atom. The van der Waals surface area contributed by atoms with Crippen LogP contribution in [0.4, 0.5) is 0 Å². The molecule has 1 aliphatic rings. The number of rotatable bonds is 7. The molecule has 1 aromatic rings. The molecule has 1 atom stereocenters. The van der Waals surface area contributed by atoms with Gasteiger partial charge in [0.25, 0.3) is 0 Å². The van der Waals surface area contributed by atoms with E-state index in [-0.39, 0.29) is 0 Å². The van der Waals surface area contributed by atoms with Gasteiger partial charge in [0.05, 0.1) is 7.11 Å². The molecule has 0 radical (unpaired) electrons. The van der Waals surface area contributed by atoms with Crippen molar-refractivity contribution in [1.29, 1.82) is 0 Å². The predicted octanol–water partition coefficient (Wildman–Crippen LogP) is 4.72. The molecule has 2 nitrogen and oxygen atoms in total. The SMILES string of the molecule is CCNC(CSC1CCCCC1)c1ccc(OC)cc1C. The Kier molecular flexibility index (Phi) is 6.91. The van der Waals surface area contributed by atoms with Crippen LogP contribution >= 0.6 is 11.8 Å². The number of benzene rings is 1. The molecular formula is C18H29NOS. The van der Waals surface area contributed by atoms with Crippen LogP contribution in [0.1, 0.15) is 56.2 Å². The lowest BCUT2D eigenvalue weighted by atomic mass is 10.0. The molecule has 0 heterocycles. The molecular weight excluding hydrogens is 278 g/mol. The summed E-state index contributed by atoms with van der Waals surface area (Å²) >= 11 is 2.17. The molecule has 21 heavy (non-hydrogen) atoms. The summed E-state index contributed by atoms with van der Waals surface area (Å²) in [5, 5.41) is 4.53. The van der Waals surface area contributed by atoms with Gasteiger partial charge in [0, 0.05) is 17.0 Å². The second-order valence-electron chi connectivity index (χ2n) is 5.93. The van der Waals surface area contributed by atoms with Gasteiger partial charge in [-0.15, -0.1) is 0 Å². The van der Waals surface area contributed by atoms with Crippen molar-refractivity contribution in [3.63, 3.8) is 0 Å². The van der Waals surface area contributed by atoms with E-state index in [0.717, 1.165) is 17.5 Å². The van der Waals surface area contributed by atoms with E-state index in [1.807, 2.05) is 0 Å². The summed E-state index contributed by atoms with van der Waals surface area (Å²) in [6.07, 6.45) is 7.09. The lowest BCUT2D eigenvalue weighted by Gasteiger charge is -2.25. The molecule has 1 N–H and O–H groups in total. The van der Waals surface area contributed by atoms with Crippen molar-refractivity contribution in [3.8, 4) is 5.75 Å². The van der Waals surface area contributed by atoms with Gasteiger partial charge in [-0.2, -0.15) is 11.8 Å². The zero-order valence-electron chi connectivity index (χ0n) is 13.7. The summed E-state index contributed by atoms with van der Waals surface area (Å²) in [6, 6.07) is 6.90. The lowest BCUT2D eigenvalue weighted by molar-refractivity contribution is 0.414. The monoisotopic (exact) mass is 307 g/mol. The number of nitrogens with one attached hydrogen (secondary N) is 1. The number of aryl methyl sites for hydroxylation is 1. The van der Waals surface area contributed by atoms with Crippen LogP contribution in [0.2, 0.25) is 0 Å². The zero-order valence-corrected chi connectivity index (χ0v) is 14.5. The average molecular weight is 308 g/mol. The van der Waals surface area contributed by atoms with E-state index in [1.165, 1.54) is 49.0 Å². The normalized spacial score (nSPS) is 17.7. The highest BCUT2D eigenvalue weighted by Gasteiger charge is 2.18. The van der Waals surface area contributed by atoms with E-state index in [2.05, 4.69) is 49.1 Å². The molecule has 0 bridgehead atoms. The second kappa shape index (κ2) is 8.70. The van der Waals surface area contributed by atoms with Crippen LogP contribution in [-0.4, -0.2) is 24.7 Å². The van der Waals surface area contributed by atoms with E-state index in [1.54, 1.807) is 7.11 Å². The zero-order chi connectivity index (χ0) is 15.1. The fourth-order valence-electron chi connectivity index (χ4n) is 3.14. The number of ether oxygens (including phenoxy) is 1. The Balaban J connectivity index is 2.00. The first-order valence-electron chi connectivity index (χ1n) is 8.24. The lowest BCUT2D eigenvalue weighted by Crippen LogP contribution is -2.25. The standard InChI is InChI=1S/C18H29NOS/c1-4-19-18(13-21-16-8-6-5-7-9-16)17-11-10-15(20-3)12-14(17)2/h10-12,16,18-19H,4-9,13H2,1-3H3. The first kappa shape index (κ1) is 16.7. The van der Waals surface area contributed by atoms with Crippen molar-refractivity contribution in [2.75, 3.05) is 19.4 Å². The Morgan fingerprint density at radius 2 is 2.05 bits per heavy atom. The van der Waals surface area contributed by atoms with Crippen LogP contribution in [0.25, 0.3) is 0 Å². The molecule has 0 aliphatic heterocycles. The van der Waals surface area contributed by atoms with E-state index in [9.17, 15) is 0 Å². The summed E-state index contributed by atoms with van der Waals surface area (Å²) in [5.74, 6) is 2.12. The van der Waals surface area contributed by atoms with Crippen LogP contribution in [0.15, 0.2) is 18.2 Å². The fourth-order valence-corrected chi connectivity index (χ4v) is 4.56. The minimum Gasteiger partial charge on any atom is -0.497 e. The highest BCUT2D eigenvalue weighted by atomic mass is 32.2. The van der Waals surface area contributed by atoms with Gasteiger partial charge < -0.3 is 10.1 Å². The number of methoxy groups -OCH3 is 1. The van der Waals surface area contributed by atoms with Crippen LogP contribution < -0.4 is 10.1 Å². The van der Waals surface area contributed by atoms with Gasteiger partial charge in [-0.3, -0.25) is 0 Å². The number of hydrogen-bond acceptors (Lipinski definition) is 3. The Hall–Kier alpha value is -0.670. The minimum atomic E-state index is 0.452. The van der Waals surface area contributed by atoms with Crippen LogP contribution in [0.5, 0.6) is 5.75 Å². The molecule has 1 aromatic carbocycles. The van der Waals surface area contributed by atoms with Gasteiger partial charge in [-0.25, -0.2) is 0 Å². The minimum absolute atomic E-state index is 0.452. The molecule has 0 saturated heterocycles. The predicted molar refractivity (Wildman–Crippen MR) is 93.5 cm³/mol. The van der Waals surface area contributed by atoms with E-state index in [0.29, 0.717) is 6.04 Å². The average Bonchev–Trinajstić information content (AvgIpc) is 2.52. The Bertz CT molecular complexity index is 429. The number of hydrogen-bond donors (Lipinski definition) is 1. The van der Waals surface area contributed by atoms with Crippen LogP contribution in [0, 0.1) is 6.92 Å². The van der Waals surface area contributed by atoms with E-state index < -0.39 is 0 Å². The first-order valence-corrected chi connectivity index (χ1v) is 9.29. The van der Waals surface area contributed by atoms with Crippen molar-refractivity contribution < 1.29 is 4.74 Å². The van der Waals surface area contributed by atoms with Crippen molar-refractivity contribution in [2.24, 2.45) is 0 Å². The summed E-state index contributed by atoms with van der Waals surface area (Å²) < 4.78 is 5.32. The molecule has 3 heteroatoms. The molecule has 0 aromatic heterocycles. The highest BCUT2D eigenvalue weighted by Crippen LogP contribution is 2.32. The molecule has 1 aliphatic carbocycles. The molecule has 1 fully saturated rings. The second-order valence-corrected chi connectivity index (χ2v) is 7.26. The maximum Gasteiger partial charge on any atom is 0.119 e. The molecule has 2 rings (SSSR count). The van der Waals surface area contributed by atoms with Gasteiger partial charge in [-0.1, -0.05) is 32.3 Å². The first-order chi connectivity index (χ1) is 10.2. The van der Waals surface area contributed by atoms with Gasteiger partial charge in [-0.05, 0) is 49.6 Å². The van der Waals surface area contributed by atoms with Crippen LogP contribution in [-0.2, 0) is 0 Å². The summed E-state index contributed by atoms with van der Waals surface area (Å²) in [7, 11) is 1.73. The van der Waals surface area contributed by atoms with Crippen molar-refractivity contribution in [3.05, 3.63) is 29.3 Å². The third-order valence-electron chi connectivity index (χ3n) is 4.35. The molecule has 1 saturated carbocycles. The van der Waals surface area contributed by atoms with Gasteiger partial charge >= 0.3 is 0 Å². The van der Waals surface area contributed by atoms with Crippen molar-refractivity contribution >= 4 is 11.8 Å². The van der Waals surface area contributed by atoms with Crippen molar-refractivity contribution in [1.82, 2.24) is 5.32 Å². The Labute approximate surface area is 134 Å². The largest absolute Gasteiger partial charge is 0.497 e. The van der Waals surface area contributed by atoms with E-state index >= 15 is 0 Å². The van der Waals surface area contributed by atoms with Crippen molar-refractivity contribution in [2.45, 2.75) is 57.2 Å². The van der Waals surface area contributed by atoms with Gasteiger partial charge in [0.15, 0.2) is 0 Å². The summed E-state index contributed by atoms with van der Waals surface area (Å²) in [6.45, 7) is 5.39. The quantitative estimate of drug-likeness (QED) is 0.787. The van der Waals surface area contributed by atoms with E-state index in [4.69, 9.17) is 4.74 Å². The van der Waals surface area contributed by atoms with Crippen LogP contribution in [0.3, 0.4) is 0 Å². The topological polar surface area (TPSA) is 21.3 Å². The van der Waals surface area contributed by atoms with Gasteiger partial charge in [0.2, 0.25) is 0 Å². The maximum absolute atomic E-state index is 5.32. The molecule has 1 unspecified atom stereocenters. The fraction of sp³-hybridized carbons (Fsp3) is 0.667. The molecule has 0 amide bonds. The highest BCUT2D eigenvalue weighted by molar-refractivity contribution is 7.99. The summed E-state index contributed by atoms with van der Waals surface area (Å²) in [5.41, 5.74) is 2.74. The third kappa shape index (κ3) is 4.93. The summed E-state index contributed by atoms with van der Waals surface area (Å²) in [4.78, 5) is 0. The van der Waals surface area contributed by atoms with Gasteiger partial charge in [0.1, 0.15) is 5.75 Å². The molecule has 118 valence electrons. The Morgan fingerprint density at radius 3 is 2.67 bits per heavy atom. The maximum atomic E-state index is 5.32. The smallest absolute Gasteiger partial charge is 0.119 e.